The van der Waals surface area contributed by atoms with Crippen LogP contribution in [0.4, 0.5) is 5.82 Å². The van der Waals surface area contributed by atoms with Crippen LogP contribution in [-0.4, -0.2) is 47.1 Å². The molecule has 1 unspecified atom stereocenters. The zero-order valence-electron chi connectivity index (χ0n) is 16.3. The molecule has 144 valence electrons. The third-order valence-corrected chi connectivity index (χ3v) is 6.79. The number of amides is 1. The van der Waals surface area contributed by atoms with Crippen molar-refractivity contribution in [1.82, 2.24) is 25.1 Å². The maximum atomic E-state index is 12.8. The summed E-state index contributed by atoms with van der Waals surface area (Å²) >= 11 is 0. The summed E-state index contributed by atoms with van der Waals surface area (Å²) < 4.78 is 7.60. The third kappa shape index (κ3) is 3.42. The quantitative estimate of drug-likeness (QED) is 0.604. The van der Waals surface area contributed by atoms with Gasteiger partial charge in [0.2, 0.25) is 5.91 Å². The van der Waals surface area contributed by atoms with Gasteiger partial charge in [-0.05, 0) is 13.0 Å². The van der Waals surface area contributed by atoms with E-state index in [0.29, 0.717) is 18.2 Å². The normalized spacial score (nSPS) is 18.9. The van der Waals surface area contributed by atoms with E-state index in [1.54, 1.807) is 9.58 Å². The van der Waals surface area contributed by atoms with E-state index in [2.05, 4.69) is 40.0 Å². The molecular weight excluding hydrogens is 360 g/mol. The fraction of sp³-hybridized carbons (Fsp3) is 0.556. The van der Waals surface area contributed by atoms with E-state index >= 15 is 0 Å². The second kappa shape index (κ2) is 6.81. The number of hydrogen-bond acceptors (Lipinski definition) is 6. The molecular formula is C18H26N6O2Si. The van der Waals surface area contributed by atoms with Gasteiger partial charge >= 0.3 is 0 Å². The lowest BCUT2D eigenvalue weighted by Gasteiger charge is -2.19. The van der Waals surface area contributed by atoms with Crippen LogP contribution in [0.5, 0.6) is 0 Å². The topological polar surface area (TPSA) is 85.2 Å². The van der Waals surface area contributed by atoms with Crippen molar-refractivity contribution in [2.45, 2.75) is 51.6 Å². The average molecular weight is 387 g/mol. The van der Waals surface area contributed by atoms with E-state index in [1.807, 2.05) is 13.1 Å². The lowest BCUT2D eigenvalue weighted by Crippen LogP contribution is -2.32. The summed E-state index contributed by atoms with van der Waals surface area (Å²) in [6.07, 6.45) is 3.49. The number of rotatable bonds is 6. The minimum Gasteiger partial charge on any atom is -0.361 e. The first kappa shape index (κ1) is 18.3. The van der Waals surface area contributed by atoms with Crippen molar-refractivity contribution in [2.24, 2.45) is 0 Å². The molecule has 1 amide bonds. The van der Waals surface area contributed by atoms with Crippen LogP contribution in [0.25, 0.3) is 5.82 Å². The standard InChI is InChI=1S/C18H26N6O2Si/c1-12-15-16(23(18(12)25)11-26-5-6-27(2,3)4)20-10-21-17(15)24-9-13-7-19-8-14(13)22-24/h9-10,12,19H,5-8,11H2,1-4H3. The molecule has 9 heteroatoms. The van der Waals surface area contributed by atoms with E-state index in [9.17, 15) is 4.79 Å². The van der Waals surface area contributed by atoms with E-state index < -0.39 is 8.07 Å². The van der Waals surface area contributed by atoms with Crippen LogP contribution in [0, 0.1) is 0 Å². The van der Waals surface area contributed by atoms with Crippen LogP contribution < -0.4 is 10.2 Å². The average Bonchev–Trinajstić information content (AvgIpc) is 3.26. The smallest absolute Gasteiger partial charge is 0.237 e. The fourth-order valence-electron chi connectivity index (χ4n) is 3.45. The summed E-state index contributed by atoms with van der Waals surface area (Å²) in [5.74, 6) is 1.01. The molecule has 27 heavy (non-hydrogen) atoms. The van der Waals surface area contributed by atoms with Gasteiger partial charge in [0.25, 0.3) is 0 Å². The second-order valence-corrected chi connectivity index (χ2v) is 14.0. The summed E-state index contributed by atoms with van der Waals surface area (Å²) in [5.41, 5.74) is 3.03. The number of nitrogens with zero attached hydrogens (tertiary/aromatic N) is 5. The predicted molar refractivity (Wildman–Crippen MR) is 105 cm³/mol. The van der Waals surface area contributed by atoms with E-state index in [0.717, 1.165) is 30.4 Å². The van der Waals surface area contributed by atoms with Crippen molar-refractivity contribution in [3.63, 3.8) is 0 Å². The molecule has 0 fully saturated rings. The Morgan fingerprint density at radius 3 is 2.78 bits per heavy atom. The molecule has 1 atom stereocenters. The number of carbonyl (C=O) groups is 1. The molecule has 0 bridgehead atoms. The SMILES string of the molecule is CC1C(=O)N(COCC[Si](C)(C)C)c2ncnc(-n3cc4c(n3)CNC4)c21. The molecule has 0 aromatic carbocycles. The van der Waals surface area contributed by atoms with Crippen molar-refractivity contribution in [3.8, 4) is 5.82 Å². The van der Waals surface area contributed by atoms with Gasteiger partial charge in [-0.2, -0.15) is 5.10 Å². The number of aromatic nitrogens is 4. The molecule has 1 N–H and O–H groups in total. The van der Waals surface area contributed by atoms with Crippen LogP contribution in [0.2, 0.25) is 25.7 Å². The maximum Gasteiger partial charge on any atom is 0.237 e. The zero-order valence-corrected chi connectivity index (χ0v) is 17.3. The molecule has 4 heterocycles. The Morgan fingerprint density at radius 1 is 1.26 bits per heavy atom. The molecule has 0 saturated carbocycles. The number of hydrogen-bond donors (Lipinski definition) is 1. The van der Waals surface area contributed by atoms with Crippen LogP contribution in [-0.2, 0) is 22.6 Å². The molecule has 2 aromatic rings. The number of carbonyl (C=O) groups excluding carboxylic acids is 1. The highest BCUT2D eigenvalue weighted by atomic mass is 28.3. The van der Waals surface area contributed by atoms with Gasteiger partial charge in [0.05, 0.1) is 17.2 Å². The highest BCUT2D eigenvalue weighted by Crippen LogP contribution is 2.38. The molecule has 2 aromatic heterocycles. The monoisotopic (exact) mass is 386 g/mol. The Labute approximate surface area is 160 Å². The summed E-state index contributed by atoms with van der Waals surface area (Å²) in [6, 6.07) is 1.07. The summed E-state index contributed by atoms with van der Waals surface area (Å²) in [5, 5.41) is 7.91. The fourth-order valence-corrected chi connectivity index (χ4v) is 4.21. The van der Waals surface area contributed by atoms with Gasteiger partial charge < -0.3 is 10.1 Å². The lowest BCUT2D eigenvalue weighted by atomic mass is 10.1. The maximum absolute atomic E-state index is 12.8. The first-order valence-electron chi connectivity index (χ1n) is 9.38. The number of fused-ring (bicyclic) bond motifs is 2. The van der Waals surface area contributed by atoms with E-state index in [4.69, 9.17) is 4.74 Å². The van der Waals surface area contributed by atoms with Crippen LogP contribution in [0.3, 0.4) is 0 Å². The minimum atomic E-state index is -1.16. The summed E-state index contributed by atoms with van der Waals surface area (Å²) in [7, 11) is -1.16. The van der Waals surface area contributed by atoms with Gasteiger partial charge in [0.1, 0.15) is 18.9 Å². The van der Waals surface area contributed by atoms with Crippen molar-refractivity contribution in [2.75, 3.05) is 18.2 Å². The molecule has 2 aliphatic rings. The Bertz CT molecular complexity index is 854. The van der Waals surface area contributed by atoms with E-state index in [1.165, 1.54) is 11.9 Å². The van der Waals surface area contributed by atoms with Gasteiger partial charge in [-0.3, -0.25) is 9.69 Å². The Balaban J connectivity index is 1.58. The van der Waals surface area contributed by atoms with Gasteiger partial charge in [0.15, 0.2) is 5.82 Å². The Kier molecular flexibility index (Phi) is 4.61. The Morgan fingerprint density at radius 2 is 2.04 bits per heavy atom. The molecule has 8 nitrogen and oxygen atoms in total. The first-order valence-corrected chi connectivity index (χ1v) is 13.1. The van der Waals surface area contributed by atoms with Crippen LogP contribution in [0.1, 0.15) is 29.7 Å². The number of anilines is 1. The first-order chi connectivity index (χ1) is 12.8. The van der Waals surface area contributed by atoms with Crippen LogP contribution in [0.15, 0.2) is 12.5 Å². The van der Waals surface area contributed by atoms with Crippen molar-refractivity contribution in [1.29, 1.82) is 0 Å². The highest BCUT2D eigenvalue weighted by Gasteiger charge is 2.39. The van der Waals surface area contributed by atoms with Gasteiger partial charge in [0, 0.05) is 39.5 Å². The van der Waals surface area contributed by atoms with Crippen molar-refractivity contribution in [3.05, 3.63) is 29.3 Å². The molecule has 0 radical (unpaired) electrons. The van der Waals surface area contributed by atoms with Gasteiger partial charge in [-0.1, -0.05) is 19.6 Å². The molecule has 0 saturated heterocycles. The lowest BCUT2D eigenvalue weighted by molar-refractivity contribution is -0.120. The van der Waals surface area contributed by atoms with Gasteiger partial charge in [-0.25, -0.2) is 14.6 Å². The largest absolute Gasteiger partial charge is 0.361 e. The Hall–Kier alpha value is -2.10. The molecule has 0 spiro atoms. The van der Waals surface area contributed by atoms with E-state index in [-0.39, 0.29) is 18.6 Å². The van der Waals surface area contributed by atoms with Crippen molar-refractivity contribution < 1.29 is 9.53 Å². The minimum absolute atomic E-state index is 0.00103. The number of ether oxygens (including phenoxy) is 1. The molecule has 2 aliphatic heterocycles. The predicted octanol–water partition coefficient (Wildman–Crippen LogP) is 2.03. The molecule has 0 aliphatic carbocycles. The number of nitrogens with one attached hydrogen (secondary N) is 1. The summed E-state index contributed by atoms with van der Waals surface area (Å²) in [6.45, 7) is 11.3. The third-order valence-electron chi connectivity index (χ3n) is 5.09. The summed E-state index contributed by atoms with van der Waals surface area (Å²) in [4.78, 5) is 23.3. The second-order valence-electron chi connectivity index (χ2n) is 8.42. The highest BCUT2D eigenvalue weighted by molar-refractivity contribution is 6.76. The molecule has 4 rings (SSSR count). The zero-order chi connectivity index (χ0) is 19.2. The van der Waals surface area contributed by atoms with Crippen LogP contribution >= 0.6 is 0 Å². The van der Waals surface area contributed by atoms with Crippen molar-refractivity contribution >= 4 is 19.8 Å². The van der Waals surface area contributed by atoms with Gasteiger partial charge in [-0.15, -0.1) is 0 Å².